The second kappa shape index (κ2) is 9.68. The van der Waals surface area contributed by atoms with Crippen LogP contribution in [-0.2, 0) is 16.0 Å². The maximum absolute atomic E-state index is 12.1. The van der Waals surface area contributed by atoms with E-state index in [2.05, 4.69) is 19.6 Å². The van der Waals surface area contributed by atoms with E-state index in [-0.39, 0.29) is 5.97 Å². The molecule has 1 N–H and O–H groups in total. The van der Waals surface area contributed by atoms with E-state index in [0.29, 0.717) is 13.0 Å². The average Bonchev–Trinajstić information content (AvgIpc) is 2.49. The summed E-state index contributed by atoms with van der Waals surface area (Å²) in [6.07, 6.45) is 4.46. The van der Waals surface area contributed by atoms with Gasteiger partial charge in [-0.25, -0.2) is 0 Å². The molecule has 1 rings (SSSR count). The summed E-state index contributed by atoms with van der Waals surface area (Å²) in [6, 6.07) is 11.0. The van der Waals surface area contributed by atoms with Crippen molar-refractivity contribution in [2.45, 2.75) is 51.6 Å². The number of aliphatic hydroxyl groups excluding tert-OH is 1. The van der Waals surface area contributed by atoms with E-state index in [1.165, 1.54) is 5.56 Å². The fourth-order valence-electron chi connectivity index (χ4n) is 2.31. The fraction of sp³-hybridized carbons (Fsp3) is 0.526. The second-order valence-corrected chi connectivity index (χ2v) is 12.6. The lowest BCUT2D eigenvalue weighted by Gasteiger charge is -2.19. The number of esters is 1. The van der Waals surface area contributed by atoms with Gasteiger partial charge in [0.15, 0.2) is 0 Å². The fourth-order valence-corrected chi connectivity index (χ4v) is 3.15. The zero-order valence-corrected chi connectivity index (χ0v) is 15.8. The summed E-state index contributed by atoms with van der Waals surface area (Å²) in [4.78, 5) is 12.1. The van der Waals surface area contributed by atoms with Crippen LogP contribution in [0.1, 0.15) is 18.9 Å². The van der Waals surface area contributed by atoms with E-state index < -0.39 is 20.1 Å². The van der Waals surface area contributed by atoms with E-state index >= 15 is 0 Å². The van der Waals surface area contributed by atoms with Crippen molar-refractivity contribution >= 4 is 14.0 Å². The summed E-state index contributed by atoms with van der Waals surface area (Å²) in [5.41, 5.74) is 1.17. The SMILES string of the molecule is CCOC(=O)[C@@H](/C=C\C[Si](C)(C)C)[C@H](O)CCc1ccccc1. The van der Waals surface area contributed by atoms with Gasteiger partial charge in [0.25, 0.3) is 0 Å². The molecule has 0 unspecified atom stereocenters. The zero-order chi connectivity index (χ0) is 17.3. The maximum atomic E-state index is 12.1. The van der Waals surface area contributed by atoms with Crippen LogP contribution in [0, 0.1) is 5.92 Å². The summed E-state index contributed by atoms with van der Waals surface area (Å²) in [5, 5.41) is 10.5. The van der Waals surface area contributed by atoms with Gasteiger partial charge in [-0.05, 0) is 31.4 Å². The highest BCUT2D eigenvalue weighted by atomic mass is 28.3. The highest BCUT2D eigenvalue weighted by Crippen LogP contribution is 2.17. The molecule has 0 aliphatic rings. The zero-order valence-electron chi connectivity index (χ0n) is 14.8. The lowest BCUT2D eigenvalue weighted by atomic mass is 9.96. The van der Waals surface area contributed by atoms with Gasteiger partial charge in [-0.3, -0.25) is 4.79 Å². The number of benzene rings is 1. The molecule has 0 aromatic heterocycles. The van der Waals surface area contributed by atoms with Crippen molar-refractivity contribution in [1.29, 1.82) is 0 Å². The average molecular weight is 335 g/mol. The van der Waals surface area contributed by atoms with E-state index in [0.717, 1.165) is 12.5 Å². The minimum absolute atomic E-state index is 0.333. The number of aryl methyl sites for hydroxylation is 1. The van der Waals surface area contributed by atoms with E-state index in [1.807, 2.05) is 42.5 Å². The Morgan fingerprint density at radius 2 is 1.91 bits per heavy atom. The molecule has 0 saturated carbocycles. The predicted octanol–water partition coefficient (Wildman–Crippen LogP) is 4.05. The van der Waals surface area contributed by atoms with Gasteiger partial charge in [0.05, 0.1) is 12.7 Å². The minimum Gasteiger partial charge on any atom is -0.465 e. The number of carbonyl (C=O) groups is 1. The van der Waals surface area contributed by atoms with Gasteiger partial charge in [-0.1, -0.05) is 62.1 Å². The Hall–Kier alpha value is -1.39. The first kappa shape index (κ1) is 19.7. The number of allylic oxidation sites excluding steroid dienone is 1. The Bertz CT molecular complexity index is 491. The molecule has 0 amide bonds. The Labute approximate surface area is 141 Å². The smallest absolute Gasteiger partial charge is 0.315 e. The van der Waals surface area contributed by atoms with Crippen molar-refractivity contribution < 1.29 is 14.6 Å². The van der Waals surface area contributed by atoms with E-state index in [1.54, 1.807) is 6.92 Å². The molecule has 1 aromatic carbocycles. The minimum atomic E-state index is -1.20. The van der Waals surface area contributed by atoms with Crippen LogP contribution in [0.4, 0.5) is 0 Å². The van der Waals surface area contributed by atoms with Crippen molar-refractivity contribution in [3.63, 3.8) is 0 Å². The summed E-state index contributed by atoms with van der Waals surface area (Å²) in [5.74, 6) is -0.908. The number of rotatable bonds is 9. The number of aliphatic hydroxyl groups is 1. The molecular weight excluding hydrogens is 304 g/mol. The number of carbonyl (C=O) groups excluding carboxylic acids is 1. The third kappa shape index (κ3) is 8.14. The number of ether oxygens (including phenoxy) is 1. The molecule has 0 saturated heterocycles. The second-order valence-electron chi connectivity index (χ2n) is 7.06. The van der Waals surface area contributed by atoms with E-state index in [9.17, 15) is 9.90 Å². The van der Waals surface area contributed by atoms with Gasteiger partial charge < -0.3 is 9.84 Å². The third-order valence-corrected chi connectivity index (χ3v) is 5.08. The largest absolute Gasteiger partial charge is 0.465 e. The molecular formula is C19H30O3Si. The van der Waals surface area contributed by atoms with E-state index in [4.69, 9.17) is 4.74 Å². The van der Waals surface area contributed by atoms with Crippen LogP contribution in [0.15, 0.2) is 42.5 Å². The Balaban J connectivity index is 2.68. The Morgan fingerprint density at radius 3 is 2.48 bits per heavy atom. The molecule has 4 heteroatoms. The molecule has 0 aliphatic heterocycles. The van der Waals surface area contributed by atoms with Crippen LogP contribution in [0.25, 0.3) is 0 Å². The lowest BCUT2D eigenvalue weighted by molar-refractivity contribution is -0.149. The topological polar surface area (TPSA) is 46.5 Å². The molecule has 23 heavy (non-hydrogen) atoms. The quantitative estimate of drug-likeness (QED) is 0.421. The number of hydrogen-bond donors (Lipinski definition) is 1. The van der Waals surface area contributed by atoms with Gasteiger partial charge in [0, 0.05) is 8.07 Å². The lowest BCUT2D eigenvalue weighted by Crippen LogP contribution is -2.29. The third-order valence-electron chi connectivity index (χ3n) is 3.62. The monoisotopic (exact) mass is 334 g/mol. The van der Waals surface area contributed by atoms with Crippen LogP contribution in [0.3, 0.4) is 0 Å². The Kier molecular flexibility index (Phi) is 8.27. The van der Waals surface area contributed by atoms with Crippen molar-refractivity contribution in [3.8, 4) is 0 Å². The first-order valence-corrected chi connectivity index (χ1v) is 12.1. The summed E-state index contributed by atoms with van der Waals surface area (Å²) >= 11 is 0. The van der Waals surface area contributed by atoms with Crippen molar-refractivity contribution in [2.75, 3.05) is 6.61 Å². The summed E-state index contributed by atoms with van der Waals surface area (Å²) < 4.78 is 5.12. The predicted molar refractivity (Wildman–Crippen MR) is 98.2 cm³/mol. The van der Waals surface area contributed by atoms with Crippen LogP contribution in [-0.4, -0.2) is 31.9 Å². The standard InChI is InChI=1S/C19H30O3Si/c1-5-22-19(21)17(12-9-15-23(2,3)4)18(20)14-13-16-10-7-6-8-11-16/h6-12,17-18,20H,5,13-15H2,1-4H3/b12-9-/t17-,18+/m0/s1. The van der Waals surface area contributed by atoms with Gasteiger partial charge in [-0.15, -0.1) is 0 Å². The van der Waals surface area contributed by atoms with Gasteiger partial charge in [0.2, 0.25) is 0 Å². The molecule has 3 nitrogen and oxygen atoms in total. The van der Waals surface area contributed by atoms with Crippen LogP contribution in [0.2, 0.25) is 25.7 Å². The first-order chi connectivity index (χ1) is 10.8. The molecule has 2 atom stereocenters. The molecule has 0 fully saturated rings. The molecule has 0 aliphatic carbocycles. The molecule has 0 spiro atoms. The Morgan fingerprint density at radius 1 is 1.26 bits per heavy atom. The van der Waals surface area contributed by atoms with Crippen LogP contribution >= 0.6 is 0 Å². The van der Waals surface area contributed by atoms with Crippen molar-refractivity contribution in [2.24, 2.45) is 5.92 Å². The van der Waals surface area contributed by atoms with Crippen LogP contribution < -0.4 is 0 Å². The van der Waals surface area contributed by atoms with Gasteiger partial charge >= 0.3 is 5.97 Å². The first-order valence-electron chi connectivity index (χ1n) is 8.39. The van der Waals surface area contributed by atoms with Gasteiger partial charge in [0.1, 0.15) is 5.92 Å². The molecule has 0 heterocycles. The molecule has 1 aromatic rings. The normalized spacial score (nSPS) is 14.7. The van der Waals surface area contributed by atoms with Crippen LogP contribution in [0.5, 0.6) is 0 Å². The molecule has 0 bridgehead atoms. The highest BCUT2D eigenvalue weighted by molar-refractivity contribution is 6.76. The molecule has 128 valence electrons. The van der Waals surface area contributed by atoms with Crippen molar-refractivity contribution in [3.05, 3.63) is 48.0 Å². The summed E-state index contributed by atoms with van der Waals surface area (Å²) in [7, 11) is -1.20. The van der Waals surface area contributed by atoms with Crippen molar-refractivity contribution in [1.82, 2.24) is 0 Å². The maximum Gasteiger partial charge on any atom is 0.315 e. The number of hydrogen-bond acceptors (Lipinski definition) is 3. The summed E-state index contributed by atoms with van der Waals surface area (Å²) in [6.45, 7) is 8.97. The highest BCUT2D eigenvalue weighted by Gasteiger charge is 2.25. The van der Waals surface area contributed by atoms with Gasteiger partial charge in [-0.2, -0.15) is 0 Å². The molecule has 0 radical (unpaired) electrons.